The summed E-state index contributed by atoms with van der Waals surface area (Å²) in [5.41, 5.74) is 1.79. The molecule has 2 rings (SSSR count). The summed E-state index contributed by atoms with van der Waals surface area (Å²) in [6, 6.07) is 3.82. The minimum Gasteiger partial charge on any atom is -0.370 e. The average molecular weight is 243 g/mol. The van der Waals surface area contributed by atoms with Gasteiger partial charge in [0.1, 0.15) is 17.8 Å². The van der Waals surface area contributed by atoms with Gasteiger partial charge in [0.05, 0.1) is 0 Å². The molecule has 0 aliphatic heterocycles. The molecule has 5 heteroatoms. The Bertz CT molecular complexity index is 474. The van der Waals surface area contributed by atoms with Crippen molar-refractivity contribution in [1.29, 1.82) is 0 Å². The zero-order valence-corrected chi connectivity index (χ0v) is 10.7. The van der Waals surface area contributed by atoms with E-state index in [4.69, 9.17) is 0 Å². The molecule has 0 aromatic carbocycles. The molecule has 5 nitrogen and oxygen atoms in total. The van der Waals surface area contributed by atoms with Crippen molar-refractivity contribution in [2.24, 2.45) is 0 Å². The maximum absolute atomic E-state index is 4.53. The van der Waals surface area contributed by atoms with E-state index >= 15 is 0 Å². The van der Waals surface area contributed by atoms with Crippen LogP contribution < -0.4 is 5.32 Å². The van der Waals surface area contributed by atoms with Gasteiger partial charge in [0.15, 0.2) is 5.82 Å². The Morgan fingerprint density at radius 1 is 1.22 bits per heavy atom. The van der Waals surface area contributed by atoms with E-state index in [-0.39, 0.29) is 0 Å². The summed E-state index contributed by atoms with van der Waals surface area (Å²) in [6.45, 7) is 5.02. The molecule has 0 spiro atoms. The van der Waals surface area contributed by atoms with Crippen LogP contribution in [-0.4, -0.2) is 26.5 Å². The molecule has 0 amide bonds. The molecular weight excluding hydrogens is 226 g/mol. The summed E-state index contributed by atoms with van der Waals surface area (Å²) in [6.07, 6.45) is 5.22. The molecule has 0 aliphatic rings. The first-order valence-electron chi connectivity index (χ1n) is 6.21. The van der Waals surface area contributed by atoms with Gasteiger partial charge in [-0.2, -0.15) is 0 Å². The standard InChI is InChI=1S/C13H17N5/c1-3-5-10-8-12(15-4-2)18-13(17-10)11-6-7-14-9-16-11/h6-9H,3-5H2,1-2H3,(H,15,17,18). The lowest BCUT2D eigenvalue weighted by Crippen LogP contribution is -2.04. The second-order valence-electron chi connectivity index (χ2n) is 3.94. The summed E-state index contributed by atoms with van der Waals surface area (Å²) < 4.78 is 0. The summed E-state index contributed by atoms with van der Waals surface area (Å²) in [7, 11) is 0. The third-order valence-electron chi connectivity index (χ3n) is 2.45. The second kappa shape index (κ2) is 6.05. The Hall–Kier alpha value is -2.04. The molecule has 0 bridgehead atoms. The number of aromatic nitrogens is 4. The van der Waals surface area contributed by atoms with Gasteiger partial charge in [-0.1, -0.05) is 13.3 Å². The molecule has 1 N–H and O–H groups in total. The van der Waals surface area contributed by atoms with Crippen molar-refractivity contribution < 1.29 is 0 Å². The summed E-state index contributed by atoms with van der Waals surface area (Å²) in [5.74, 6) is 1.50. The predicted molar refractivity (Wildman–Crippen MR) is 71.2 cm³/mol. The van der Waals surface area contributed by atoms with Crippen LogP contribution in [-0.2, 0) is 6.42 Å². The van der Waals surface area contributed by atoms with Crippen molar-refractivity contribution in [2.45, 2.75) is 26.7 Å². The number of aryl methyl sites for hydroxylation is 1. The number of anilines is 1. The van der Waals surface area contributed by atoms with Crippen LogP contribution in [0.4, 0.5) is 5.82 Å². The van der Waals surface area contributed by atoms with Gasteiger partial charge in [-0.3, -0.25) is 0 Å². The van der Waals surface area contributed by atoms with Gasteiger partial charge in [0.25, 0.3) is 0 Å². The molecule has 0 atom stereocenters. The van der Waals surface area contributed by atoms with Gasteiger partial charge in [0.2, 0.25) is 0 Å². The monoisotopic (exact) mass is 243 g/mol. The molecule has 0 radical (unpaired) electrons. The van der Waals surface area contributed by atoms with Crippen molar-refractivity contribution in [3.8, 4) is 11.5 Å². The van der Waals surface area contributed by atoms with Crippen molar-refractivity contribution in [2.75, 3.05) is 11.9 Å². The van der Waals surface area contributed by atoms with Gasteiger partial charge in [-0.15, -0.1) is 0 Å². The van der Waals surface area contributed by atoms with Gasteiger partial charge in [0, 0.05) is 24.5 Å². The lowest BCUT2D eigenvalue weighted by atomic mass is 10.2. The molecule has 0 saturated carbocycles. The fourth-order valence-electron chi connectivity index (χ4n) is 1.69. The normalized spacial score (nSPS) is 10.3. The first-order valence-corrected chi connectivity index (χ1v) is 6.21. The van der Waals surface area contributed by atoms with Crippen molar-refractivity contribution in [3.63, 3.8) is 0 Å². The molecule has 0 saturated heterocycles. The molecule has 94 valence electrons. The molecule has 0 unspecified atom stereocenters. The fourth-order valence-corrected chi connectivity index (χ4v) is 1.69. The maximum atomic E-state index is 4.53. The van der Waals surface area contributed by atoms with Crippen molar-refractivity contribution >= 4 is 5.82 Å². The topological polar surface area (TPSA) is 63.6 Å². The Balaban J connectivity index is 2.39. The minimum absolute atomic E-state index is 0.652. The predicted octanol–water partition coefficient (Wildman–Crippen LogP) is 2.32. The highest BCUT2D eigenvalue weighted by Gasteiger charge is 2.07. The van der Waals surface area contributed by atoms with E-state index in [0.717, 1.165) is 36.6 Å². The Labute approximate surface area is 107 Å². The third kappa shape index (κ3) is 3.00. The van der Waals surface area contributed by atoms with E-state index in [0.29, 0.717) is 5.82 Å². The van der Waals surface area contributed by atoms with E-state index in [1.165, 1.54) is 6.33 Å². The quantitative estimate of drug-likeness (QED) is 0.873. The Morgan fingerprint density at radius 2 is 2.11 bits per heavy atom. The van der Waals surface area contributed by atoms with Crippen LogP contribution in [0.15, 0.2) is 24.7 Å². The number of rotatable bonds is 5. The number of hydrogen-bond donors (Lipinski definition) is 1. The van der Waals surface area contributed by atoms with Crippen LogP contribution in [0.25, 0.3) is 11.5 Å². The number of nitrogens with zero attached hydrogens (tertiary/aromatic N) is 4. The highest BCUT2D eigenvalue weighted by Crippen LogP contribution is 2.16. The van der Waals surface area contributed by atoms with Gasteiger partial charge in [-0.05, 0) is 19.4 Å². The lowest BCUT2D eigenvalue weighted by Gasteiger charge is -2.07. The fraction of sp³-hybridized carbons (Fsp3) is 0.385. The highest BCUT2D eigenvalue weighted by molar-refractivity contribution is 5.52. The molecule has 0 fully saturated rings. The first kappa shape index (κ1) is 12.4. The summed E-state index contributed by atoms with van der Waals surface area (Å²) in [5, 5.41) is 3.22. The second-order valence-corrected chi connectivity index (χ2v) is 3.94. The van der Waals surface area contributed by atoms with Crippen LogP contribution in [0.3, 0.4) is 0 Å². The Morgan fingerprint density at radius 3 is 2.78 bits per heavy atom. The van der Waals surface area contributed by atoms with Gasteiger partial charge >= 0.3 is 0 Å². The highest BCUT2D eigenvalue weighted by atomic mass is 15.0. The number of hydrogen-bond acceptors (Lipinski definition) is 5. The van der Waals surface area contributed by atoms with E-state index in [2.05, 4.69) is 32.2 Å². The average Bonchev–Trinajstić information content (AvgIpc) is 2.40. The van der Waals surface area contributed by atoms with Crippen LogP contribution in [0.1, 0.15) is 26.0 Å². The number of nitrogens with one attached hydrogen (secondary N) is 1. The van der Waals surface area contributed by atoms with Crippen molar-refractivity contribution in [3.05, 3.63) is 30.4 Å². The van der Waals surface area contributed by atoms with Crippen LogP contribution in [0.2, 0.25) is 0 Å². The first-order chi connectivity index (χ1) is 8.83. The van der Waals surface area contributed by atoms with Crippen LogP contribution in [0, 0.1) is 0 Å². The Kier molecular flexibility index (Phi) is 4.17. The zero-order valence-electron chi connectivity index (χ0n) is 10.7. The molecular formula is C13H17N5. The SMILES string of the molecule is CCCc1cc(NCC)nc(-c2ccncn2)n1. The van der Waals surface area contributed by atoms with E-state index in [9.17, 15) is 0 Å². The van der Waals surface area contributed by atoms with E-state index in [1.54, 1.807) is 6.20 Å². The van der Waals surface area contributed by atoms with E-state index < -0.39 is 0 Å². The van der Waals surface area contributed by atoms with Gasteiger partial charge < -0.3 is 5.32 Å². The molecule has 0 aliphatic carbocycles. The maximum Gasteiger partial charge on any atom is 0.180 e. The smallest absolute Gasteiger partial charge is 0.180 e. The van der Waals surface area contributed by atoms with Crippen LogP contribution >= 0.6 is 0 Å². The molecule has 2 aromatic heterocycles. The zero-order chi connectivity index (χ0) is 12.8. The van der Waals surface area contributed by atoms with Gasteiger partial charge in [-0.25, -0.2) is 19.9 Å². The summed E-state index contributed by atoms with van der Waals surface area (Å²) >= 11 is 0. The third-order valence-corrected chi connectivity index (χ3v) is 2.45. The summed E-state index contributed by atoms with van der Waals surface area (Å²) in [4.78, 5) is 17.1. The van der Waals surface area contributed by atoms with Crippen molar-refractivity contribution in [1.82, 2.24) is 19.9 Å². The molecule has 2 aromatic rings. The van der Waals surface area contributed by atoms with E-state index in [1.807, 2.05) is 19.1 Å². The molecule has 18 heavy (non-hydrogen) atoms. The largest absolute Gasteiger partial charge is 0.370 e. The minimum atomic E-state index is 0.652. The van der Waals surface area contributed by atoms with Crippen LogP contribution in [0.5, 0.6) is 0 Å². The molecule has 2 heterocycles. The lowest BCUT2D eigenvalue weighted by molar-refractivity contribution is 0.873.